The molecule has 0 aromatic heterocycles. The van der Waals surface area contributed by atoms with Gasteiger partial charge in [-0.3, -0.25) is 4.79 Å². The Bertz CT molecular complexity index is 403. The molecular weight excluding hydrogens is 212 g/mol. The Hall–Kier alpha value is -1.79. The molecule has 0 bridgehead atoms. The van der Waals surface area contributed by atoms with Crippen LogP contribution < -0.4 is 5.73 Å². The molecule has 0 spiro atoms. The van der Waals surface area contributed by atoms with Crippen molar-refractivity contribution >= 4 is 5.91 Å². The minimum Gasteiger partial charge on any atom is -0.330 e. The summed E-state index contributed by atoms with van der Waals surface area (Å²) in [6, 6.07) is 7.52. The maximum Gasteiger partial charge on any atom is 0.254 e. The number of hydrogen-bond acceptors (Lipinski definition) is 2. The summed E-state index contributed by atoms with van der Waals surface area (Å²) in [5.41, 5.74) is 7.28. The van der Waals surface area contributed by atoms with Gasteiger partial charge in [0.05, 0.1) is 6.54 Å². The zero-order valence-electron chi connectivity index (χ0n) is 10.1. The van der Waals surface area contributed by atoms with Crippen molar-refractivity contribution in [2.24, 2.45) is 5.73 Å². The molecule has 3 nitrogen and oxygen atoms in total. The molecule has 0 aliphatic rings. The molecule has 0 aliphatic carbocycles. The zero-order valence-corrected chi connectivity index (χ0v) is 10.1. The van der Waals surface area contributed by atoms with Crippen LogP contribution >= 0.6 is 0 Å². The molecule has 0 atom stereocenters. The van der Waals surface area contributed by atoms with Crippen molar-refractivity contribution in [3.05, 3.63) is 35.4 Å². The first kappa shape index (κ1) is 13.3. The average Bonchev–Trinajstić information content (AvgIpc) is 2.36. The Kier molecular flexibility index (Phi) is 5.25. The predicted molar refractivity (Wildman–Crippen MR) is 69.6 cm³/mol. The second-order valence-corrected chi connectivity index (χ2v) is 3.76. The van der Waals surface area contributed by atoms with E-state index in [1.165, 1.54) is 0 Å². The largest absolute Gasteiger partial charge is 0.330 e. The van der Waals surface area contributed by atoms with E-state index in [4.69, 9.17) is 12.2 Å². The van der Waals surface area contributed by atoms with Crippen LogP contribution in [0.1, 0.15) is 22.8 Å². The summed E-state index contributed by atoms with van der Waals surface area (Å²) in [6.07, 6.45) is 6.06. The van der Waals surface area contributed by atoms with Crippen LogP contribution in [-0.2, 0) is 6.42 Å². The minimum atomic E-state index is -0.0234. The highest BCUT2D eigenvalue weighted by Crippen LogP contribution is 2.08. The van der Waals surface area contributed by atoms with Crippen LogP contribution in [0.3, 0.4) is 0 Å². The van der Waals surface area contributed by atoms with Gasteiger partial charge in [-0.25, -0.2) is 0 Å². The van der Waals surface area contributed by atoms with E-state index < -0.39 is 0 Å². The van der Waals surface area contributed by atoms with Gasteiger partial charge < -0.3 is 10.6 Å². The molecule has 0 fully saturated rings. The molecule has 1 rings (SSSR count). The van der Waals surface area contributed by atoms with Crippen molar-refractivity contribution < 1.29 is 4.79 Å². The number of carbonyl (C=O) groups is 1. The van der Waals surface area contributed by atoms with Gasteiger partial charge in [0.1, 0.15) is 0 Å². The fourth-order valence-electron chi connectivity index (χ4n) is 1.60. The lowest BCUT2D eigenvalue weighted by Crippen LogP contribution is -2.31. The van der Waals surface area contributed by atoms with Gasteiger partial charge in [-0.05, 0) is 37.6 Å². The summed E-state index contributed by atoms with van der Waals surface area (Å²) in [5, 5.41) is 0. The maximum absolute atomic E-state index is 12.0. The molecule has 0 aliphatic heterocycles. The lowest BCUT2D eigenvalue weighted by molar-refractivity contribution is 0.0785. The van der Waals surface area contributed by atoms with Crippen LogP contribution in [0.25, 0.3) is 0 Å². The number of benzene rings is 1. The summed E-state index contributed by atoms with van der Waals surface area (Å²) < 4.78 is 0. The zero-order chi connectivity index (χ0) is 12.7. The Balaban J connectivity index is 2.78. The van der Waals surface area contributed by atoms with E-state index in [0.717, 1.165) is 12.0 Å². The molecule has 0 heterocycles. The standard InChI is InChI=1S/C14H18N2O/c1-3-11-16(4-2)14(17)13-7-5-12(6-8-13)9-10-15/h1,5-8H,4,9-11,15H2,2H3. The monoisotopic (exact) mass is 230 g/mol. The highest BCUT2D eigenvalue weighted by molar-refractivity contribution is 5.94. The number of amides is 1. The van der Waals surface area contributed by atoms with E-state index in [-0.39, 0.29) is 5.91 Å². The third-order valence-corrected chi connectivity index (χ3v) is 2.58. The molecule has 0 radical (unpaired) electrons. The van der Waals surface area contributed by atoms with Crippen LogP contribution in [-0.4, -0.2) is 30.4 Å². The Morgan fingerprint density at radius 1 is 1.41 bits per heavy atom. The Morgan fingerprint density at radius 3 is 2.53 bits per heavy atom. The minimum absolute atomic E-state index is 0.0234. The third-order valence-electron chi connectivity index (χ3n) is 2.58. The molecule has 0 saturated heterocycles. The highest BCUT2D eigenvalue weighted by Gasteiger charge is 2.12. The fourth-order valence-corrected chi connectivity index (χ4v) is 1.60. The van der Waals surface area contributed by atoms with Gasteiger partial charge in [0, 0.05) is 12.1 Å². The van der Waals surface area contributed by atoms with Crippen molar-refractivity contribution in [3.63, 3.8) is 0 Å². The Morgan fingerprint density at radius 2 is 2.06 bits per heavy atom. The number of terminal acetylenes is 1. The first-order valence-electron chi connectivity index (χ1n) is 5.74. The molecule has 0 unspecified atom stereocenters. The van der Waals surface area contributed by atoms with E-state index in [2.05, 4.69) is 5.92 Å². The van der Waals surface area contributed by atoms with E-state index >= 15 is 0 Å². The molecule has 1 aromatic rings. The van der Waals surface area contributed by atoms with E-state index in [1.54, 1.807) is 4.90 Å². The third kappa shape index (κ3) is 3.61. The summed E-state index contributed by atoms with van der Waals surface area (Å²) in [5.74, 6) is 2.47. The summed E-state index contributed by atoms with van der Waals surface area (Å²) in [6.45, 7) is 3.50. The molecular formula is C14H18N2O. The molecule has 3 heteroatoms. The Labute approximate surface area is 103 Å². The molecule has 2 N–H and O–H groups in total. The van der Waals surface area contributed by atoms with Gasteiger partial charge in [-0.15, -0.1) is 6.42 Å². The van der Waals surface area contributed by atoms with Gasteiger partial charge in [0.15, 0.2) is 0 Å². The molecule has 90 valence electrons. The van der Waals surface area contributed by atoms with Crippen molar-refractivity contribution in [1.82, 2.24) is 4.90 Å². The topological polar surface area (TPSA) is 46.3 Å². The van der Waals surface area contributed by atoms with Crippen LogP contribution in [0.2, 0.25) is 0 Å². The lowest BCUT2D eigenvalue weighted by atomic mass is 10.1. The van der Waals surface area contributed by atoms with Crippen molar-refractivity contribution in [2.45, 2.75) is 13.3 Å². The molecule has 1 amide bonds. The second-order valence-electron chi connectivity index (χ2n) is 3.76. The average molecular weight is 230 g/mol. The van der Waals surface area contributed by atoms with Crippen molar-refractivity contribution in [3.8, 4) is 12.3 Å². The highest BCUT2D eigenvalue weighted by atomic mass is 16.2. The quantitative estimate of drug-likeness (QED) is 0.775. The molecule has 1 aromatic carbocycles. The summed E-state index contributed by atoms with van der Waals surface area (Å²) in [7, 11) is 0. The van der Waals surface area contributed by atoms with Crippen LogP contribution in [0, 0.1) is 12.3 Å². The second kappa shape index (κ2) is 6.72. The molecule has 0 saturated carbocycles. The van der Waals surface area contributed by atoms with Gasteiger partial charge in [0.25, 0.3) is 5.91 Å². The first-order chi connectivity index (χ1) is 8.22. The van der Waals surface area contributed by atoms with Gasteiger partial charge in [-0.2, -0.15) is 0 Å². The summed E-state index contributed by atoms with van der Waals surface area (Å²) >= 11 is 0. The van der Waals surface area contributed by atoms with E-state index in [9.17, 15) is 4.79 Å². The lowest BCUT2D eigenvalue weighted by Gasteiger charge is -2.18. The number of hydrogen-bond donors (Lipinski definition) is 1. The smallest absolute Gasteiger partial charge is 0.254 e. The number of rotatable bonds is 5. The normalized spacial score (nSPS) is 9.71. The van der Waals surface area contributed by atoms with Crippen LogP contribution in [0.4, 0.5) is 0 Å². The van der Waals surface area contributed by atoms with Crippen molar-refractivity contribution in [2.75, 3.05) is 19.6 Å². The van der Waals surface area contributed by atoms with E-state index in [1.807, 2.05) is 31.2 Å². The van der Waals surface area contributed by atoms with E-state index in [0.29, 0.717) is 25.2 Å². The van der Waals surface area contributed by atoms with Gasteiger partial charge in [0.2, 0.25) is 0 Å². The maximum atomic E-state index is 12.0. The number of carbonyl (C=O) groups excluding carboxylic acids is 1. The van der Waals surface area contributed by atoms with Crippen molar-refractivity contribution in [1.29, 1.82) is 0 Å². The van der Waals surface area contributed by atoms with Gasteiger partial charge >= 0.3 is 0 Å². The number of nitrogens with two attached hydrogens (primary N) is 1. The SMILES string of the molecule is C#CCN(CC)C(=O)c1ccc(CCN)cc1. The van der Waals surface area contributed by atoms with Gasteiger partial charge in [-0.1, -0.05) is 18.1 Å². The molecule has 17 heavy (non-hydrogen) atoms. The van der Waals surface area contributed by atoms with Crippen LogP contribution in [0.15, 0.2) is 24.3 Å². The first-order valence-corrected chi connectivity index (χ1v) is 5.74. The summed E-state index contributed by atoms with van der Waals surface area (Å²) in [4.78, 5) is 13.7. The number of nitrogens with zero attached hydrogens (tertiary/aromatic N) is 1. The fraction of sp³-hybridized carbons (Fsp3) is 0.357. The predicted octanol–water partition coefficient (Wildman–Crippen LogP) is 1.28. The van der Waals surface area contributed by atoms with Crippen LogP contribution in [0.5, 0.6) is 0 Å².